The van der Waals surface area contributed by atoms with Gasteiger partial charge in [-0.05, 0) is 29.9 Å². The summed E-state index contributed by atoms with van der Waals surface area (Å²) in [6.07, 6.45) is 3.96. The maximum atomic E-state index is 9.72. The van der Waals surface area contributed by atoms with Gasteiger partial charge in [0.05, 0.1) is 6.10 Å². The van der Waals surface area contributed by atoms with Gasteiger partial charge in [-0.15, -0.1) is 0 Å². The molecule has 1 aliphatic rings. The molecule has 0 bridgehead atoms. The van der Waals surface area contributed by atoms with Crippen molar-refractivity contribution in [1.82, 2.24) is 9.97 Å². The number of nitrogen functional groups attached to an aromatic ring is 1. The van der Waals surface area contributed by atoms with Crippen LogP contribution in [0.15, 0.2) is 30.5 Å². The molecule has 1 aromatic heterocycles. The van der Waals surface area contributed by atoms with Gasteiger partial charge in [-0.2, -0.15) is 4.98 Å². The van der Waals surface area contributed by atoms with Crippen LogP contribution in [0.3, 0.4) is 0 Å². The molecular formula is C19H26N4O. The van der Waals surface area contributed by atoms with Crippen LogP contribution in [-0.4, -0.2) is 34.3 Å². The molecule has 2 heterocycles. The molecule has 1 fully saturated rings. The van der Waals surface area contributed by atoms with E-state index in [0.29, 0.717) is 11.9 Å². The average Bonchev–Trinajstić information content (AvgIpc) is 2.58. The normalized spacial score (nSPS) is 15.9. The molecule has 1 saturated heterocycles. The number of aliphatic hydroxyl groups excluding tert-OH is 1. The second kappa shape index (κ2) is 7.18. The Bertz CT molecular complexity index is 676. The van der Waals surface area contributed by atoms with Crippen LogP contribution in [-0.2, 0) is 6.42 Å². The Kier molecular flexibility index (Phi) is 5.00. The summed E-state index contributed by atoms with van der Waals surface area (Å²) in [7, 11) is 0. The highest BCUT2D eigenvalue weighted by molar-refractivity contribution is 5.51. The Hall–Kier alpha value is -2.14. The third kappa shape index (κ3) is 3.85. The standard InChI is InChI=1S/C19H26N4O/c1-13(2)15-5-3-14(4-6-15)11-16-12-21-19(20)22-18(16)23-9-7-17(24)8-10-23/h3-6,12-13,17,24H,7-11H2,1-2H3,(H2,20,21,22). The highest BCUT2D eigenvalue weighted by atomic mass is 16.3. The van der Waals surface area contributed by atoms with E-state index in [1.807, 2.05) is 6.20 Å². The predicted molar refractivity (Wildman–Crippen MR) is 97.2 cm³/mol. The number of nitrogens with two attached hydrogens (primary N) is 1. The topological polar surface area (TPSA) is 75.3 Å². The molecule has 5 nitrogen and oxygen atoms in total. The highest BCUT2D eigenvalue weighted by Crippen LogP contribution is 2.25. The monoisotopic (exact) mass is 326 g/mol. The van der Waals surface area contributed by atoms with Gasteiger partial charge in [0.25, 0.3) is 0 Å². The predicted octanol–water partition coefficient (Wildman–Crippen LogP) is 2.73. The first-order valence-corrected chi connectivity index (χ1v) is 8.66. The summed E-state index contributed by atoms with van der Waals surface area (Å²) in [5.41, 5.74) is 9.48. The Labute approximate surface area is 143 Å². The Morgan fingerprint density at radius 1 is 1.21 bits per heavy atom. The van der Waals surface area contributed by atoms with E-state index in [9.17, 15) is 5.11 Å². The minimum absolute atomic E-state index is 0.201. The van der Waals surface area contributed by atoms with Crippen LogP contribution in [0.25, 0.3) is 0 Å². The van der Waals surface area contributed by atoms with E-state index in [1.54, 1.807) is 0 Å². The van der Waals surface area contributed by atoms with Gasteiger partial charge in [-0.25, -0.2) is 4.98 Å². The van der Waals surface area contributed by atoms with E-state index < -0.39 is 0 Å². The summed E-state index contributed by atoms with van der Waals surface area (Å²) >= 11 is 0. The molecule has 0 spiro atoms. The molecule has 0 atom stereocenters. The summed E-state index contributed by atoms with van der Waals surface area (Å²) in [5.74, 6) is 1.74. The molecule has 1 aliphatic heterocycles. The Morgan fingerprint density at radius 2 is 1.88 bits per heavy atom. The number of benzene rings is 1. The average molecular weight is 326 g/mol. The van der Waals surface area contributed by atoms with Gasteiger partial charge < -0.3 is 15.7 Å². The van der Waals surface area contributed by atoms with E-state index in [4.69, 9.17) is 5.73 Å². The molecule has 2 aromatic rings. The van der Waals surface area contributed by atoms with Gasteiger partial charge in [-0.3, -0.25) is 0 Å². The minimum atomic E-state index is -0.201. The van der Waals surface area contributed by atoms with E-state index in [2.05, 4.69) is 53.0 Å². The van der Waals surface area contributed by atoms with Crippen molar-refractivity contribution in [1.29, 1.82) is 0 Å². The second-order valence-corrected chi connectivity index (χ2v) is 6.87. The summed E-state index contributed by atoms with van der Waals surface area (Å²) in [4.78, 5) is 10.9. The fraction of sp³-hybridized carbons (Fsp3) is 0.474. The fourth-order valence-electron chi connectivity index (χ4n) is 3.13. The van der Waals surface area contributed by atoms with Crippen LogP contribution < -0.4 is 10.6 Å². The molecule has 24 heavy (non-hydrogen) atoms. The number of hydrogen-bond acceptors (Lipinski definition) is 5. The molecule has 0 amide bonds. The molecule has 3 N–H and O–H groups in total. The first-order valence-electron chi connectivity index (χ1n) is 8.66. The molecule has 1 aromatic carbocycles. The van der Waals surface area contributed by atoms with Crippen molar-refractivity contribution >= 4 is 11.8 Å². The SMILES string of the molecule is CC(C)c1ccc(Cc2cnc(N)nc2N2CCC(O)CC2)cc1. The molecule has 0 radical (unpaired) electrons. The molecule has 5 heteroatoms. The first-order chi connectivity index (χ1) is 11.5. The van der Waals surface area contributed by atoms with Crippen molar-refractivity contribution in [3.63, 3.8) is 0 Å². The van der Waals surface area contributed by atoms with Gasteiger partial charge in [0.2, 0.25) is 5.95 Å². The third-order valence-corrected chi connectivity index (χ3v) is 4.67. The zero-order chi connectivity index (χ0) is 17.1. The van der Waals surface area contributed by atoms with Gasteiger partial charge in [0.1, 0.15) is 5.82 Å². The molecule has 128 valence electrons. The van der Waals surface area contributed by atoms with Crippen LogP contribution in [0.2, 0.25) is 0 Å². The number of aliphatic hydroxyl groups is 1. The zero-order valence-corrected chi connectivity index (χ0v) is 14.4. The lowest BCUT2D eigenvalue weighted by molar-refractivity contribution is 0.145. The van der Waals surface area contributed by atoms with Crippen LogP contribution in [0.1, 0.15) is 49.3 Å². The molecule has 3 rings (SSSR count). The number of hydrogen-bond donors (Lipinski definition) is 2. The lowest BCUT2D eigenvalue weighted by Gasteiger charge is -2.31. The van der Waals surface area contributed by atoms with Crippen molar-refractivity contribution < 1.29 is 5.11 Å². The number of piperidine rings is 1. The van der Waals surface area contributed by atoms with Crippen LogP contribution in [0.4, 0.5) is 11.8 Å². The number of anilines is 2. The van der Waals surface area contributed by atoms with Crippen molar-refractivity contribution in [2.75, 3.05) is 23.7 Å². The summed E-state index contributed by atoms with van der Waals surface area (Å²) in [6, 6.07) is 8.73. The third-order valence-electron chi connectivity index (χ3n) is 4.67. The fourth-order valence-corrected chi connectivity index (χ4v) is 3.13. The largest absolute Gasteiger partial charge is 0.393 e. The molecular weight excluding hydrogens is 300 g/mol. The molecule has 0 saturated carbocycles. The molecule has 0 aliphatic carbocycles. The van der Waals surface area contributed by atoms with Crippen molar-refractivity contribution in [2.24, 2.45) is 0 Å². The van der Waals surface area contributed by atoms with Gasteiger partial charge >= 0.3 is 0 Å². The van der Waals surface area contributed by atoms with Gasteiger partial charge in [0, 0.05) is 31.3 Å². The lowest BCUT2D eigenvalue weighted by atomic mass is 9.99. The highest BCUT2D eigenvalue weighted by Gasteiger charge is 2.21. The minimum Gasteiger partial charge on any atom is -0.393 e. The maximum Gasteiger partial charge on any atom is 0.221 e. The van der Waals surface area contributed by atoms with Gasteiger partial charge in [-0.1, -0.05) is 38.1 Å². The first kappa shape index (κ1) is 16.7. The smallest absolute Gasteiger partial charge is 0.221 e. The van der Waals surface area contributed by atoms with Crippen molar-refractivity contribution in [3.05, 3.63) is 47.2 Å². The van der Waals surface area contributed by atoms with E-state index in [0.717, 1.165) is 43.7 Å². The zero-order valence-electron chi connectivity index (χ0n) is 14.4. The Morgan fingerprint density at radius 3 is 2.50 bits per heavy atom. The lowest BCUT2D eigenvalue weighted by Crippen LogP contribution is -2.37. The maximum absolute atomic E-state index is 9.72. The van der Waals surface area contributed by atoms with E-state index in [1.165, 1.54) is 11.1 Å². The number of aromatic nitrogens is 2. The summed E-state index contributed by atoms with van der Waals surface area (Å²) in [6.45, 7) is 6.01. The van der Waals surface area contributed by atoms with Crippen LogP contribution >= 0.6 is 0 Å². The van der Waals surface area contributed by atoms with Crippen LogP contribution in [0.5, 0.6) is 0 Å². The second-order valence-electron chi connectivity index (χ2n) is 6.87. The van der Waals surface area contributed by atoms with Crippen molar-refractivity contribution in [2.45, 2.75) is 45.1 Å². The van der Waals surface area contributed by atoms with Crippen LogP contribution in [0, 0.1) is 0 Å². The van der Waals surface area contributed by atoms with Crippen molar-refractivity contribution in [3.8, 4) is 0 Å². The Balaban J connectivity index is 1.82. The molecule has 0 unspecified atom stereocenters. The number of rotatable bonds is 4. The van der Waals surface area contributed by atoms with E-state index >= 15 is 0 Å². The van der Waals surface area contributed by atoms with E-state index in [-0.39, 0.29) is 6.10 Å². The number of nitrogens with zero attached hydrogens (tertiary/aromatic N) is 3. The quantitative estimate of drug-likeness (QED) is 0.903. The van der Waals surface area contributed by atoms with Gasteiger partial charge in [0.15, 0.2) is 0 Å². The summed E-state index contributed by atoms with van der Waals surface area (Å²) < 4.78 is 0. The summed E-state index contributed by atoms with van der Waals surface area (Å²) in [5, 5.41) is 9.72.